The summed E-state index contributed by atoms with van der Waals surface area (Å²) in [6.07, 6.45) is 0.0352. The van der Waals surface area contributed by atoms with Gasteiger partial charge >= 0.3 is 5.97 Å². The molecule has 5 nitrogen and oxygen atoms in total. The Morgan fingerprint density at radius 2 is 2.00 bits per heavy atom. The number of carboxylic acids is 1. The van der Waals surface area contributed by atoms with Crippen molar-refractivity contribution in [3.05, 3.63) is 12.7 Å². The van der Waals surface area contributed by atoms with Crippen LogP contribution in [0.4, 0.5) is 0 Å². The molecule has 0 aromatic carbocycles. The van der Waals surface area contributed by atoms with Gasteiger partial charge in [-0.3, -0.25) is 0 Å². The zero-order valence-corrected chi connectivity index (χ0v) is 9.36. The summed E-state index contributed by atoms with van der Waals surface area (Å²) in [5.41, 5.74) is 0. The molecule has 0 rings (SSSR count). The quantitative estimate of drug-likeness (QED) is 0.321. The summed E-state index contributed by atoms with van der Waals surface area (Å²) in [5, 5.41) is 10.4. The van der Waals surface area contributed by atoms with Crippen molar-refractivity contribution < 1.29 is 23.9 Å². The topological polar surface area (TPSA) is 66.4 Å². The highest BCUT2D eigenvalue weighted by molar-refractivity contribution is 5.81. The number of hydrogen-bond donors (Lipinski definition) is 0. The van der Waals surface area contributed by atoms with E-state index in [-0.39, 0.29) is 6.42 Å². The van der Waals surface area contributed by atoms with Crippen LogP contribution in [-0.2, 0) is 14.3 Å². The molecule has 0 aromatic rings. The van der Waals surface area contributed by atoms with E-state index in [1.807, 2.05) is 21.1 Å². The van der Waals surface area contributed by atoms with Gasteiger partial charge in [-0.1, -0.05) is 6.58 Å². The molecular weight excluding hydrogens is 198 g/mol. The molecule has 15 heavy (non-hydrogen) atoms. The largest absolute Gasteiger partial charge is 0.550 e. The van der Waals surface area contributed by atoms with Crippen molar-refractivity contribution in [2.45, 2.75) is 12.5 Å². The van der Waals surface area contributed by atoms with E-state index in [0.717, 1.165) is 6.08 Å². The zero-order chi connectivity index (χ0) is 12.1. The Bertz CT molecular complexity index is 255. The molecule has 0 amide bonds. The predicted octanol–water partition coefficient (Wildman–Crippen LogP) is -1.07. The highest BCUT2D eigenvalue weighted by atomic mass is 16.5. The molecule has 1 atom stereocenters. The van der Waals surface area contributed by atoms with Crippen LogP contribution >= 0.6 is 0 Å². The maximum Gasteiger partial charge on any atom is 0.330 e. The number of likely N-dealkylation sites (N-methyl/N-ethyl adjacent to an activating group) is 1. The van der Waals surface area contributed by atoms with Crippen LogP contribution in [-0.4, -0.2) is 50.2 Å². The number of ether oxygens (including phenoxy) is 1. The molecular formula is C10H17NO4. The third-order valence-corrected chi connectivity index (χ3v) is 1.60. The third-order valence-electron chi connectivity index (χ3n) is 1.60. The van der Waals surface area contributed by atoms with Gasteiger partial charge in [0.15, 0.2) is 6.10 Å². The van der Waals surface area contributed by atoms with E-state index in [1.54, 1.807) is 0 Å². The van der Waals surface area contributed by atoms with Gasteiger partial charge < -0.3 is 19.1 Å². The molecule has 0 bridgehead atoms. The number of hydrogen-bond acceptors (Lipinski definition) is 4. The lowest BCUT2D eigenvalue weighted by molar-refractivity contribution is -0.873. The Morgan fingerprint density at radius 1 is 1.47 bits per heavy atom. The summed E-state index contributed by atoms with van der Waals surface area (Å²) in [5.74, 6) is -1.85. The molecule has 0 saturated heterocycles. The van der Waals surface area contributed by atoms with Crippen molar-refractivity contribution in [1.82, 2.24) is 0 Å². The van der Waals surface area contributed by atoms with Crippen molar-refractivity contribution in [3.63, 3.8) is 0 Å². The number of aliphatic carboxylic acids is 1. The standard InChI is InChI=1S/C10H17NO4/c1-5-10(14)15-8(6-9(12)13)7-11(2,3)4/h5,8H,1,6-7H2,2-4H3. The number of carbonyl (C=O) groups excluding carboxylic acids is 2. The zero-order valence-electron chi connectivity index (χ0n) is 9.36. The van der Waals surface area contributed by atoms with Crippen molar-refractivity contribution >= 4 is 11.9 Å². The van der Waals surface area contributed by atoms with Crippen LogP contribution in [0.3, 0.4) is 0 Å². The smallest absolute Gasteiger partial charge is 0.330 e. The normalized spacial score (nSPS) is 13.0. The second-order valence-corrected chi connectivity index (χ2v) is 4.31. The molecule has 0 saturated carbocycles. The van der Waals surface area contributed by atoms with Crippen molar-refractivity contribution in [2.75, 3.05) is 27.7 Å². The minimum Gasteiger partial charge on any atom is -0.550 e. The van der Waals surface area contributed by atoms with Crippen LogP contribution in [0.2, 0.25) is 0 Å². The molecule has 0 heterocycles. The van der Waals surface area contributed by atoms with Gasteiger partial charge in [0.25, 0.3) is 0 Å². The lowest BCUT2D eigenvalue weighted by Crippen LogP contribution is -2.45. The van der Waals surface area contributed by atoms with Crippen LogP contribution < -0.4 is 5.11 Å². The molecule has 0 fully saturated rings. The van der Waals surface area contributed by atoms with Gasteiger partial charge in [0.1, 0.15) is 6.54 Å². The van der Waals surface area contributed by atoms with Crippen LogP contribution in [0.25, 0.3) is 0 Å². The van der Waals surface area contributed by atoms with E-state index in [4.69, 9.17) is 4.74 Å². The number of quaternary nitrogens is 1. The number of rotatable bonds is 6. The second kappa shape index (κ2) is 5.50. The van der Waals surface area contributed by atoms with Gasteiger partial charge in [-0.25, -0.2) is 4.79 Å². The summed E-state index contributed by atoms with van der Waals surface area (Å²) >= 11 is 0. The van der Waals surface area contributed by atoms with E-state index in [0.29, 0.717) is 11.0 Å². The van der Waals surface area contributed by atoms with Crippen LogP contribution in [0.15, 0.2) is 12.7 Å². The molecule has 0 N–H and O–H groups in total. The summed E-state index contributed by atoms with van der Waals surface area (Å²) in [7, 11) is 5.64. The Kier molecular flexibility index (Phi) is 5.00. The Morgan fingerprint density at radius 3 is 2.33 bits per heavy atom. The van der Waals surface area contributed by atoms with Crippen molar-refractivity contribution in [1.29, 1.82) is 0 Å². The Hall–Kier alpha value is -1.36. The van der Waals surface area contributed by atoms with E-state index in [1.165, 1.54) is 0 Å². The Labute approximate surface area is 89.5 Å². The fourth-order valence-corrected chi connectivity index (χ4v) is 1.15. The summed E-state index contributed by atoms with van der Waals surface area (Å²) in [4.78, 5) is 21.4. The first-order valence-electron chi connectivity index (χ1n) is 4.58. The van der Waals surface area contributed by atoms with Gasteiger partial charge in [0.05, 0.1) is 21.1 Å². The second-order valence-electron chi connectivity index (χ2n) is 4.31. The third kappa shape index (κ3) is 7.69. The average Bonchev–Trinajstić information content (AvgIpc) is 1.99. The lowest BCUT2D eigenvalue weighted by Gasteiger charge is -2.28. The molecule has 0 aliphatic carbocycles. The first-order valence-corrected chi connectivity index (χ1v) is 4.58. The van der Waals surface area contributed by atoms with Gasteiger partial charge in [0.2, 0.25) is 0 Å². The van der Waals surface area contributed by atoms with Crippen molar-refractivity contribution in [3.8, 4) is 0 Å². The van der Waals surface area contributed by atoms with Crippen molar-refractivity contribution in [2.24, 2.45) is 0 Å². The van der Waals surface area contributed by atoms with E-state index in [9.17, 15) is 14.7 Å². The van der Waals surface area contributed by atoms with E-state index in [2.05, 4.69) is 6.58 Å². The Balaban J connectivity index is 4.37. The summed E-state index contributed by atoms with van der Waals surface area (Å²) in [6.45, 7) is 3.66. The van der Waals surface area contributed by atoms with Crippen LogP contribution in [0.5, 0.6) is 0 Å². The molecule has 1 unspecified atom stereocenters. The minimum atomic E-state index is -1.23. The minimum absolute atomic E-state index is 0.297. The lowest BCUT2D eigenvalue weighted by atomic mass is 10.2. The molecule has 0 aromatic heterocycles. The SMILES string of the molecule is C=CC(=O)OC(CC(=O)[O-])C[N+](C)(C)C. The molecule has 0 aliphatic rings. The molecule has 86 valence electrons. The van der Waals surface area contributed by atoms with Gasteiger partial charge in [-0.05, 0) is 0 Å². The van der Waals surface area contributed by atoms with E-state index >= 15 is 0 Å². The summed E-state index contributed by atoms with van der Waals surface area (Å²) in [6, 6.07) is 0. The van der Waals surface area contributed by atoms with Gasteiger partial charge in [0, 0.05) is 18.5 Å². The fraction of sp³-hybridized carbons (Fsp3) is 0.600. The first kappa shape index (κ1) is 13.6. The molecule has 0 radical (unpaired) electrons. The average molecular weight is 215 g/mol. The number of carbonyl (C=O) groups is 2. The van der Waals surface area contributed by atoms with Gasteiger partial charge in [-0.2, -0.15) is 0 Å². The van der Waals surface area contributed by atoms with Crippen LogP contribution in [0.1, 0.15) is 6.42 Å². The molecule has 0 aliphatic heterocycles. The number of carboxylic acid groups (broad SMARTS) is 1. The number of esters is 1. The van der Waals surface area contributed by atoms with Gasteiger partial charge in [-0.15, -0.1) is 0 Å². The molecule has 5 heteroatoms. The van der Waals surface area contributed by atoms with Crippen LogP contribution in [0, 0.1) is 0 Å². The fourth-order valence-electron chi connectivity index (χ4n) is 1.15. The highest BCUT2D eigenvalue weighted by Crippen LogP contribution is 2.04. The summed E-state index contributed by atoms with van der Waals surface area (Å²) < 4.78 is 5.40. The molecule has 0 spiro atoms. The number of nitrogens with zero attached hydrogens (tertiary/aromatic N) is 1. The maximum absolute atomic E-state index is 10.9. The highest BCUT2D eigenvalue weighted by Gasteiger charge is 2.21. The predicted molar refractivity (Wildman–Crippen MR) is 52.6 cm³/mol. The maximum atomic E-state index is 10.9. The monoisotopic (exact) mass is 215 g/mol. The van der Waals surface area contributed by atoms with E-state index < -0.39 is 18.0 Å². The first-order chi connectivity index (χ1) is 6.74.